The van der Waals surface area contributed by atoms with E-state index in [-0.39, 0.29) is 57.3 Å². The van der Waals surface area contributed by atoms with E-state index in [1.165, 1.54) is 77.0 Å². The number of hydrogen-bond donors (Lipinski definition) is 2. The van der Waals surface area contributed by atoms with Crippen LogP contribution in [-0.2, 0) is 47.7 Å². The second-order valence-electron chi connectivity index (χ2n) is 17.9. The van der Waals surface area contributed by atoms with Crippen LogP contribution >= 0.6 is 0 Å². The van der Waals surface area contributed by atoms with Gasteiger partial charge in [-0.05, 0) is 43.9 Å². The number of unbranched alkanes of at least 4 members (excludes halogenated alkanes) is 16. The highest BCUT2D eigenvalue weighted by atomic mass is 16.6. The Morgan fingerprint density at radius 1 is 0.492 bits per heavy atom. The summed E-state index contributed by atoms with van der Waals surface area (Å²) in [5.74, 6) is -3.96. The van der Waals surface area contributed by atoms with Gasteiger partial charge in [0.2, 0.25) is 0 Å². The number of ether oxygens (including phenoxy) is 4. The molecule has 12 nitrogen and oxygen atoms in total. The highest BCUT2D eigenvalue weighted by molar-refractivity contribution is 5.91. The molecular weight excluding hydrogens is 779 g/mol. The predicted octanol–water partition coefficient (Wildman–Crippen LogP) is 11.4. The molecule has 356 valence electrons. The summed E-state index contributed by atoms with van der Waals surface area (Å²) in [6.45, 7) is 12.0. The molecule has 0 radical (unpaired) electrons. The lowest BCUT2D eigenvalue weighted by Crippen LogP contribution is -2.49. The molecule has 0 fully saturated rings. The third kappa shape index (κ3) is 34.0. The zero-order valence-electron chi connectivity index (χ0n) is 39.6. The fourth-order valence-corrected chi connectivity index (χ4v) is 7.34. The molecule has 2 unspecified atom stereocenters. The smallest absolute Gasteiger partial charge is 0.317 e. The second kappa shape index (κ2) is 38.5. The first-order valence-corrected chi connectivity index (χ1v) is 24.4. The van der Waals surface area contributed by atoms with Crippen LogP contribution in [0.2, 0.25) is 0 Å². The Morgan fingerprint density at radius 3 is 1.34 bits per heavy atom. The maximum absolute atomic E-state index is 13.2. The van der Waals surface area contributed by atoms with Gasteiger partial charge in [0.05, 0.1) is 19.6 Å². The highest BCUT2D eigenvalue weighted by Crippen LogP contribution is 2.26. The van der Waals surface area contributed by atoms with Crippen molar-refractivity contribution in [3.63, 3.8) is 0 Å². The van der Waals surface area contributed by atoms with Crippen LogP contribution in [0.1, 0.15) is 228 Å². The quantitative estimate of drug-likeness (QED) is 0.0259. The Hall–Kier alpha value is -3.18. The molecule has 0 aromatic heterocycles. The van der Waals surface area contributed by atoms with Gasteiger partial charge in [0, 0.05) is 24.8 Å². The van der Waals surface area contributed by atoms with Crippen LogP contribution in [0, 0.1) is 17.3 Å². The maximum Gasteiger partial charge on any atom is 0.317 e. The minimum Gasteiger partial charge on any atom is -0.481 e. The lowest BCUT2D eigenvalue weighted by atomic mass is 9.86. The van der Waals surface area contributed by atoms with Crippen LogP contribution < -0.4 is 5.32 Å². The topological polar surface area (TPSA) is 172 Å². The van der Waals surface area contributed by atoms with E-state index in [4.69, 9.17) is 24.1 Å². The standard InChI is InChI=1S/C49H89NO11/c1-7-11-15-19-21-25-30-40(28-23-17-13-9-3)37-58-43(53)32-27-33-44(54)61-47(48(57)50-35-34-42(51)52)49(5,6)39-60-46(56)36-45(55)59-38-41(29-24-18-14-10-4)31-26-22-20-16-12-8-2/h40-41,47H,7-39H2,1-6H3,(H,50,57)(H,51,52)/t40?,41?,47-/m0/s1. The fraction of sp³-hybridized carbons (Fsp3) is 0.878. The molecule has 1 amide bonds. The predicted molar refractivity (Wildman–Crippen MR) is 241 cm³/mol. The zero-order chi connectivity index (χ0) is 45.6. The number of amides is 1. The third-order valence-corrected chi connectivity index (χ3v) is 11.3. The maximum atomic E-state index is 13.2. The Balaban J connectivity index is 5.19. The summed E-state index contributed by atoms with van der Waals surface area (Å²) in [6, 6.07) is 0. The van der Waals surface area contributed by atoms with Crippen LogP contribution in [0.3, 0.4) is 0 Å². The van der Waals surface area contributed by atoms with Gasteiger partial charge in [0.25, 0.3) is 5.91 Å². The molecule has 0 rings (SSSR count). The number of nitrogens with one attached hydrogen (secondary N) is 1. The van der Waals surface area contributed by atoms with Gasteiger partial charge < -0.3 is 29.4 Å². The lowest BCUT2D eigenvalue weighted by Gasteiger charge is -2.32. The van der Waals surface area contributed by atoms with Crippen LogP contribution in [-0.4, -0.2) is 73.3 Å². The molecule has 2 N–H and O–H groups in total. The number of rotatable bonds is 42. The van der Waals surface area contributed by atoms with Crippen molar-refractivity contribution in [2.45, 2.75) is 234 Å². The van der Waals surface area contributed by atoms with Gasteiger partial charge in [0.15, 0.2) is 6.10 Å². The van der Waals surface area contributed by atoms with Gasteiger partial charge in [-0.15, -0.1) is 0 Å². The normalized spacial score (nSPS) is 12.9. The average Bonchev–Trinajstić information content (AvgIpc) is 3.22. The van der Waals surface area contributed by atoms with Crippen LogP contribution in [0.15, 0.2) is 0 Å². The molecule has 0 bridgehead atoms. The molecule has 61 heavy (non-hydrogen) atoms. The van der Waals surface area contributed by atoms with Crippen LogP contribution in [0.4, 0.5) is 0 Å². The molecule has 0 aliphatic heterocycles. The van der Waals surface area contributed by atoms with E-state index < -0.39 is 47.7 Å². The third-order valence-electron chi connectivity index (χ3n) is 11.3. The molecule has 12 heteroatoms. The second-order valence-corrected chi connectivity index (χ2v) is 17.9. The van der Waals surface area contributed by atoms with Gasteiger partial charge in [-0.25, -0.2) is 0 Å². The minimum atomic E-state index is -1.45. The van der Waals surface area contributed by atoms with E-state index in [9.17, 15) is 28.8 Å². The van der Waals surface area contributed by atoms with Crippen LogP contribution in [0.25, 0.3) is 0 Å². The fourth-order valence-electron chi connectivity index (χ4n) is 7.34. The van der Waals surface area contributed by atoms with Crippen molar-refractivity contribution in [3.05, 3.63) is 0 Å². The Labute approximate surface area is 370 Å². The van der Waals surface area contributed by atoms with Crippen molar-refractivity contribution < 1.29 is 52.8 Å². The molecule has 0 aromatic rings. The van der Waals surface area contributed by atoms with Crippen molar-refractivity contribution in [1.29, 1.82) is 0 Å². The first-order valence-electron chi connectivity index (χ1n) is 24.4. The molecule has 0 saturated carbocycles. The Kier molecular flexibility index (Phi) is 36.5. The number of aliphatic carboxylic acids is 1. The van der Waals surface area contributed by atoms with Gasteiger partial charge in [0.1, 0.15) is 13.0 Å². The zero-order valence-corrected chi connectivity index (χ0v) is 39.6. The van der Waals surface area contributed by atoms with Gasteiger partial charge in [-0.1, -0.05) is 170 Å². The van der Waals surface area contributed by atoms with Gasteiger partial charge in [-0.3, -0.25) is 28.8 Å². The number of esters is 4. The Morgan fingerprint density at radius 2 is 0.885 bits per heavy atom. The minimum absolute atomic E-state index is 0.0138. The molecule has 0 aliphatic carbocycles. The van der Waals surface area contributed by atoms with Crippen molar-refractivity contribution in [3.8, 4) is 0 Å². The van der Waals surface area contributed by atoms with Crippen molar-refractivity contribution >= 4 is 35.8 Å². The van der Waals surface area contributed by atoms with Crippen molar-refractivity contribution in [2.75, 3.05) is 26.4 Å². The molecule has 0 spiro atoms. The summed E-state index contributed by atoms with van der Waals surface area (Å²) in [5, 5.41) is 11.5. The highest BCUT2D eigenvalue weighted by Gasteiger charge is 2.40. The summed E-state index contributed by atoms with van der Waals surface area (Å²) in [4.78, 5) is 75.5. The van der Waals surface area contributed by atoms with Crippen LogP contribution in [0.5, 0.6) is 0 Å². The number of carboxylic acid groups (broad SMARTS) is 1. The van der Waals surface area contributed by atoms with Gasteiger partial charge >= 0.3 is 29.8 Å². The molecule has 3 atom stereocenters. The largest absolute Gasteiger partial charge is 0.481 e. The molecular formula is C49H89NO11. The molecule has 0 saturated heterocycles. The summed E-state index contributed by atoms with van der Waals surface area (Å²) in [7, 11) is 0. The first-order chi connectivity index (χ1) is 29.3. The molecule has 0 aliphatic rings. The lowest BCUT2D eigenvalue weighted by molar-refractivity contribution is -0.170. The van der Waals surface area contributed by atoms with E-state index in [1.54, 1.807) is 13.8 Å². The number of carbonyl (C=O) groups is 6. The van der Waals surface area contributed by atoms with E-state index >= 15 is 0 Å². The van der Waals surface area contributed by atoms with E-state index in [0.717, 1.165) is 77.0 Å². The SMILES string of the molecule is CCCCCCCCC(CCCCCC)COC(=O)CCCC(=O)O[C@@H](C(=O)NCCC(=O)O)C(C)(C)COC(=O)CC(=O)OCC(CCCCCC)CCCCCCCC. The summed E-state index contributed by atoms with van der Waals surface area (Å²) in [6.07, 6.45) is 25.2. The average molecular weight is 868 g/mol. The number of carboxylic acids is 1. The summed E-state index contributed by atoms with van der Waals surface area (Å²) in [5.41, 5.74) is -1.26. The van der Waals surface area contributed by atoms with Crippen molar-refractivity contribution in [2.24, 2.45) is 17.3 Å². The van der Waals surface area contributed by atoms with E-state index in [1.807, 2.05) is 0 Å². The number of hydrogen-bond acceptors (Lipinski definition) is 10. The monoisotopic (exact) mass is 868 g/mol. The molecule has 0 heterocycles. The summed E-state index contributed by atoms with van der Waals surface area (Å²) < 4.78 is 22.2. The van der Waals surface area contributed by atoms with E-state index in [2.05, 4.69) is 33.0 Å². The van der Waals surface area contributed by atoms with E-state index in [0.29, 0.717) is 12.5 Å². The first kappa shape index (κ1) is 57.8. The molecule has 0 aromatic carbocycles. The Bertz CT molecular complexity index is 1170. The van der Waals surface area contributed by atoms with Gasteiger partial charge in [-0.2, -0.15) is 0 Å². The number of carbonyl (C=O) groups excluding carboxylic acids is 5. The van der Waals surface area contributed by atoms with Crippen molar-refractivity contribution in [1.82, 2.24) is 5.32 Å². The summed E-state index contributed by atoms with van der Waals surface area (Å²) >= 11 is 0.